The van der Waals surface area contributed by atoms with Crippen LogP contribution >= 0.6 is 11.3 Å². The third kappa shape index (κ3) is 3.65. The molecular formula is C18H17N3O4S. The van der Waals surface area contributed by atoms with Crippen LogP contribution in [-0.2, 0) is 9.53 Å². The van der Waals surface area contributed by atoms with Crippen LogP contribution in [0.1, 0.15) is 26.6 Å². The fourth-order valence-electron chi connectivity index (χ4n) is 2.48. The van der Waals surface area contributed by atoms with Crippen molar-refractivity contribution in [3.05, 3.63) is 56.4 Å². The van der Waals surface area contributed by atoms with Crippen molar-refractivity contribution in [2.45, 2.75) is 20.8 Å². The number of nitrogens with one attached hydrogen (secondary N) is 2. The molecule has 0 aliphatic heterocycles. The molecule has 7 nitrogen and oxygen atoms in total. The number of nitrogens with zero attached hydrogens (tertiary/aromatic N) is 1. The van der Waals surface area contributed by atoms with Gasteiger partial charge in [-0.25, -0.2) is 9.78 Å². The smallest absolute Gasteiger partial charge is 0.349 e. The van der Waals surface area contributed by atoms with Gasteiger partial charge in [0.05, 0.1) is 5.39 Å². The van der Waals surface area contributed by atoms with Crippen molar-refractivity contribution in [3.8, 4) is 0 Å². The number of aryl methyl sites for hydroxylation is 3. The number of carbonyl (C=O) groups is 2. The summed E-state index contributed by atoms with van der Waals surface area (Å²) in [7, 11) is 0. The number of aromatic amines is 1. The van der Waals surface area contributed by atoms with E-state index in [1.807, 2.05) is 19.1 Å². The highest BCUT2D eigenvalue weighted by atomic mass is 32.1. The lowest BCUT2D eigenvalue weighted by atomic mass is 10.2. The molecule has 0 atom stereocenters. The zero-order chi connectivity index (χ0) is 18.8. The van der Waals surface area contributed by atoms with Gasteiger partial charge in [0, 0.05) is 5.69 Å². The minimum Gasteiger partial charge on any atom is -0.451 e. The number of thiophene rings is 1. The van der Waals surface area contributed by atoms with Crippen LogP contribution in [0.25, 0.3) is 10.2 Å². The predicted molar refractivity (Wildman–Crippen MR) is 99.8 cm³/mol. The SMILES string of the molecule is Cc1ccc(NC(=O)COC(=O)c2sc3nc(C)[nH]c(=O)c3c2C)cc1. The Hall–Kier alpha value is -3.00. The predicted octanol–water partition coefficient (Wildman–Crippen LogP) is 2.71. The number of amides is 1. The van der Waals surface area contributed by atoms with E-state index in [0.717, 1.165) is 16.9 Å². The van der Waals surface area contributed by atoms with Crippen LogP contribution in [0.4, 0.5) is 5.69 Å². The fraction of sp³-hybridized carbons (Fsp3) is 0.222. The van der Waals surface area contributed by atoms with Gasteiger partial charge in [0.2, 0.25) is 0 Å². The number of H-pyrrole nitrogens is 1. The molecule has 0 saturated carbocycles. The number of anilines is 1. The van der Waals surface area contributed by atoms with Crippen molar-refractivity contribution >= 4 is 39.1 Å². The summed E-state index contributed by atoms with van der Waals surface area (Å²) in [4.78, 5) is 43.9. The molecule has 1 amide bonds. The summed E-state index contributed by atoms with van der Waals surface area (Å²) < 4.78 is 5.09. The van der Waals surface area contributed by atoms with E-state index in [2.05, 4.69) is 15.3 Å². The van der Waals surface area contributed by atoms with Crippen molar-refractivity contribution in [3.63, 3.8) is 0 Å². The van der Waals surface area contributed by atoms with E-state index in [0.29, 0.717) is 27.3 Å². The van der Waals surface area contributed by atoms with E-state index < -0.39 is 18.5 Å². The van der Waals surface area contributed by atoms with Crippen LogP contribution in [0.5, 0.6) is 0 Å². The summed E-state index contributed by atoms with van der Waals surface area (Å²) >= 11 is 1.08. The first-order chi connectivity index (χ1) is 12.3. The van der Waals surface area contributed by atoms with Gasteiger partial charge < -0.3 is 15.0 Å². The second kappa shape index (κ2) is 7.09. The van der Waals surface area contributed by atoms with Gasteiger partial charge in [-0.05, 0) is 38.5 Å². The minimum absolute atomic E-state index is 0.270. The summed E-state index contributed by atoms with van der Waals surface area (Å²) in [6.07, 6.45) is 0. The number of esters is 1. The van der Waals surface area contributed by atoms with E-state index in [1.54, 1.807) is 26.0 Å². The Morgan fingerprint density at radius 2 is 1.88 bits per heavy atom. The van der Waals surface area contributed by atoms with Crippen LogP contribution in [0, 0.1) is 20.8 Å². The second-order valence-electron chi connectivity index (χ2n) is 5.88. The molecule has 1 aromatic carbocycles. The van der Waals surface area contributed by atoms with E-state index in [4.69, 9.17) is 4.74 Å². The summed E-state index contributed by atoms with van der Waals surface area (Å²) in [6.45, 7) is 4.86. The van der Waals surface area contributed by atoms with Gasteiger partial charge in [-0.1, -0.05) is 17.7 Å². The number of fused-ring (bicyclic) bond motifs is 1. The standard InChI is InChI=1S/C18H17N3O4S/c1-9-4-6-12(7-5-9)21-13(22)8-25-18(24)15-10(2)14-16(23)19-11(3)20-17(14)26-15/h4-7H,8H2,1-3H3,(H,21,22)(H,19,20,23). The maximum absolute atomic E-state index is 12.3. The Labute approximate surface area is 153 Å². The highest BCUT2D eigenvalue weighted by Gasteiger charge is 2.20. The molecule has 2 heterocycles. The zero-order valence-corrected chi connectivity index (χ0v) is 15.3. The first-order valence-electron chi connectivity index (χ1n) is 7.89. The quantitative estimate of drug-likeness (QED) is 0.687. The average molecular weight is 371 g/mol. The fourth-order valence-corrected chi connectivity index (χ4v) is 3.60. The molecule has 8 heteroatoms. The van der Waals surface area contributed by atoms with E-state index >= 15 is 0 Å². The van der Waals surface area contributed by atoms with Gasteiger partial charge in [0.1, 0.15) is 15.5 Å². The number of hydrogen-bond donors (Lipinski definition) is 2. The van der Waals surface area contributed by atoms with Crippen molar-refractivity contribution in [1.82, 2.24) is 9.97 Å². The number of rotatable bonds is 4. The number of carbonyl (C=O) groups excluding carboxylic acids is 2. The molecule has 26 heavy (non-hydrogen) atoms. The van der Waals surface area contributed by atoms with E-state index in [-0.39, 0.29) is 10.4 Å². The zero-order valence-electron chi connectivity index (χ0n) is 14.5. The molecule has 0 bridgehead atoms. The summed E-state index contributed by atoms with van der Waals surface area (Å²) in [5.41, 5.74) is 1.91. The second-order valence-corrected chi connectivity index (χ2v) is 6.88. The van der Waals surface area contributed by atoms with Crippen LogP contribution in [0.3, 0.4) is 0 Å². The summed E-state index contributed by atoms with van der Waals surface area (Å²) in [5.74, 6) is -0.615. The molecule has 0 spiro atoms. The number of hydrogen-bond acceptors (Lipinski definition) is 6. The summed E-state index contributed by atoms with van der Waals surface area (Å²) in [6, 6.07) is 7.28. The Bertz CT molecular complexity index is 1050. The van der Waals surface area contributed by atoms with E-state index in [1.165, 1.54) is 0 Å². The summed E-state index contributed by atoms with van der Waals surface area (Å²) in [5, 5.41) is 3.03. The Morgan fingerprint density at radius 3 is 2.58 bits per heavy atom. The molecule has 0 unspecified atom stereocenters. The number of aromatic nitrogens is 2. The molecule has 0 aliphatic rings. The monoisotopic (exact) mass is 371 g/mol. The third-order valence-electron chi connectivity index (χ3n) is 3.77. The van der Waals surface area contributed by atoms with Gasteiger partial charge >= 0.3 is 5.97 Å². The molecular weight excluding hydrogens is 354 g/mol. The van der Waals surface area contributed by atoms with Crippen LogP contribution in [-0.4, -0.2) is 28.5 Å². The number of benzene rings is 1. The molecule has 0 aliphatic carbocycles. The van der Waals surface area contributed by atoms with Crippen molar-refractivity contribution in [2.24, 2.45) is 0 Å². The van der Waals surface area contributed by atoms with Gasteiger partial charge in [-0.3, -0.25) is 9.59 Å². The lowest BCUT2D eigenvalue weighted by Gasteiger charge is -2.06. The highest BCUT2D eigenvalue weighted by molar-refractivity contribution is 7.20. The Kier molecular flexibility index (Phi) is 4.85. The average Bonchev–Trinajstić information content (AvgIpc) is 2.91. The molecule has 2 aromatic heterocycles. The van der Waals surface area contributed by atoms with Crippen LogP contribution in [0.2, 0.25) is 0 Å². The topological polar surface area (TPSA) is 101 Å². The normalized spacial score (nSPS) is 10.7. The first kappa shape index (κ1) is 17.8. The van der Waals surface area contributed by atoms with Crippen LogP contribution in [0.15, 0.2) is 29.1 Å². The molecule has 3 aromatic rings. The highest BCUT2D eigenvalue weighted by Crippen LogP contribution is 2.27. The minimum atomic E-state index is -0.651. The molecule has 2 N–H and O–H groups in total. The maximum Gasteiger partial charge on any atom is 0.349 e. The Balaban J connectivity index is 1.70. The van der Waals surface area contributed by atoms with Crippen molar-refractivity contribution < 1.29 is 14.3 Å². The molecule has 3 rings (SSSR count). The van der Waals surface area contributed by atoms with Gasteiger partial charge in [0.15, 0.2) is 6.61 Å². The van der Waals surface area contributed by atoms with Gasteiger partial charge in [0.25, 0.3) is 11.5 Å². The lowest BCUT2D eigenvalue weighted by molar-refractivity contribution is -0.119. The Morgan fingerprint density at radius 1 is 1.19 bits per heavy atom. The van der Waals surface area contributed by atoms with Crippen molar-refractivity contribution in [2.75, 3.05) is 11.9 Å². The molecule has 134 valence electrons. The lowest BCUT2D eigenvalue weighted by Crippen LogP contribution is -2.20. The molecule has 0 saturated heterocycles. The molecule has 0 radical (unpaired) electrons. The largest absolute Gasteiger partial charge is 0.451 e. The van der Waals surface area contributed by atoms with Gasteiger partial charge in [-0.15, -0.1) is 11.3 Å². The van der Waals surface area contributed by atoms with Crippen molar-refractivity contribution in [1.29, 1.82) is 0 Å². The third-order valence-corrected chi connectivity index (χ3v) is 4.94. The van der Waals surface area contributed by atoms with Gasteiger partial charge in [-0.2, -0.15) is 0 Å². The van der Waals surface area contributed by atoms with E-state index in [9.17, 15) is 14.4 Å². The maximum atomic E-state index is 12.3. The van der Waals surface area contributed by atoms with Crippen LogP contribution < -0.4 is 10.9 Å². The first-order valence-corrected chi connectivity index (χ1v) is 8.70. The number of ether oxygens (including phenoxy) is 1. The molecule has 0 fully saturated rings.